The summed E-state index contributed by atoms with van der Waals surface area (Å²) in [6.45, 7) is 1.41. The lowest BCUT2D eigenvalue weighted by Crippen LogP contribution is -2.62. The second-order valence-corrected chi connectivity index (χ2v) is 11.8. The highest BCUT2D eigenvalue weighted by molar-refractivity contribution is 6.42. The first-order valence-corrected chi connectivity index (χ1v) is 14.9. The number of rotatable bonds is 8. The number of nitrogens with one attached hydrogen (secondary N) is 2. The van der Waals surface area contributed by atoms with Gasteiger partial charge in [-0.05, 0) is 52.1 Å². The van der Waals surface area contributed by atoms with Gasteiger partial charge in [0.15, 0.2) is 0 Å². The molecule has 1 unspecified atom stereocenters. The maximum absolute atomic E-state index is 14.2. The molecular formula is C34H32Cl2N4O2. The van der Waals surface area contributed by atoms with E-state index in [-0.39, 0.29) is 11.8 Å². The van der Waals surface area contributed by atoms with Crippen molar-refractivity contribution in [2.24, 2.45) is 0 Å². The Labute approximate surface area is 255 Å². The molecule has 5 aromatic rings. The molecule has 1 aliphatic rings. The molecule has 1 saturated heterocycles. The molecule has 2 atom stereocenters. The van der Waals surface area contributed by atoms with Gasteiger partial charge in [-0.15, -0.1) is 0 Å². The van der Waals surface area contributed by atoms with Gasteiger partial charge in [-0.25, -0.2) is 0 Å². The van der Waals surface area contributed by atoms with E-state index < -0.39 is 12.1 Å². The summed E-state index contributed by atoms with van der Waals surface area (Å²) in [4.78, 5) is 35.0. The molecule has 0 radical (unpaired) electrons. The van der Waals surface area contributed by atoms with E-state index in [1.807, 2.05) is 42.6 Å². The largest absolute Gasteiger partial charge is 0.361 e. The molecule has 4 aromatic carbocycles. The van der Waals surface area contributed by atoms with E-state index in [0.717, 1.165) is 38.4 Å². The van der Waals surface area contributed by atoms with Crippen molar-refractivity contribution >= 4 is 56.7 Å². The molecule has 0 aliphatic carbocycles. The Morgan fingerprint density at radius 1 is 0.952 bits per heavy atom. The Hall–Kier alpha value is -3.84. The van der Waals surface area contributed by atoms with Crippen molar-refractivity contribution in [2.45, 2.75) is 31.5 Å². The van der Waals surface area contributed by atoms with Crippen LogP contribution in [0.5, 0.6) is 0 Å². The van der Waals surface area contributed by atoms with Crippen LogP contribution in [0.2, 0.25) is 10.0 Å². The summed E-state index contributed by atoms with van der Waals surface area (Å²) in [7, 11) is 1.77. The lowest BCUT2D eigenvalue weighted by atomic mass is 9.97. The van der Waals surface area contributed by atoms with Crippen molar-refractivity contribution in [1.29, 1.82) is 0 Å². The van der Waals surface area contributed by atoms with Gasteiger partial charge in [-0.3, -0.25) is 9.59 Å². The third-order valence-corrected chi connectivity index (χ3v) is 8.85. The number of H-pyrrole nitrogens is 1. The zero-order valence-corrected chi connectivity index (χ0v) is 24.8. The first-order valence-electron chi connectivity index (χ1n) is 14.1. The quantitative estimate of drug-likeness (QED) is 0.222. The lowest BCUT2D eigenvalue weighted by molar-refractivity contribution is -0.148. The number of carbonyl (C=O) groups excluding carboxylic acids is 2. The van der Waals surface area contributed by atoms with Gasteiger partial charge in [-0.2, -0.15) is 0 Å². The highest BCUT2D eigenvalue weighted by Gasteiger charge is 2.38. The summed E-state index contributed by atoms with van der Waals surface area (Å²) in [6.07, 6.45) is 2.93. The SMILES string of the molecule is CN(Cc1ccc(Cl)c(Cl)c1)C(=O)[C@@H](Cc1ccc2ccccc2c1)N1CCNC(Cc2c[nH]c3ccccc23)C1=O. The van der Waals surface area contributed by atoms with Crippen LogP contribution in [0.15, 0.2) is 91.1 Å². The average molecular weight is 600 g/mol. The standard InChI is InChI=1S/C34H32Cl2N4O2/c1-39(21-23-11-13-28(35)29(36)17-23)34(42)32(18-22-10-12-24-6-2-3-7-25(24)16-22)40-15-14-37-31(33(40)41)19-26-20-38-30-9-5-4-8-27(26)30/h2-13,16-17,20,31-32,37-38H,14-15,18-19,21H2,1H3/t31?,32-/m1/s1. The van der Waals surface area contributed by atoms with Crippen LogP contribution < -0.4 is 5.32 Å². The Morgan fingerprint density at radius 3 is 2.55 bits per heavy atom. The monoisotopic (exact) mass is 598 g/mol. The number of benzene rings is 4. The molecule has 1 aliphatic heterocycles. The van der Waals surface area contributed by atoms with Crippen LogP contribution in [0.25, 0.3) is 21.7 Å². The predicted octanol–water partition coefficient (Wildman–Crippen LogP) is 6.24. The zero-order chi connectivity index (χ0) is 29.2. The van der Waals surface area contributed by atoms with Crippen molar-refractivity contribution in [2.75, 3.05) is 20.1 Å². The molecule has 6 nitrogen and oxygen atoms in total. The molecule has 6 rings (SSSR count). The summed E-state index contributed by atoms with van der Waals surface area (Å²) in [5, 5.41) is 7.67. The van der Waals surface area contributed by atoms with Crippen LogP contribution in [0.1, 0.15) is 16.7 Å². The maximum atomic E-state index is 14.2. The first kappa shape index (κ1) is 28.3. The molecular weight excluding hydrogens is 567 g/mol. The summed E-state index contributed by atoms with van der Waals surface area (Å²) in [6, 6.07) is 26.8. The van der Waals surface area contributed by atoms with Crippen LogP contribution in [-0.4, -0.2) is 58.8 Å². The number of para-hydroxylation sites is 1. The molecule has 1 fully saturated rings. The summed E-state index contributed by atoms with van der Waals surface area (Å²) in [5.74, 6) is -0.177. The fourth-order valence-electron chi connectivity index (χ4n) is 5.91. The van der Waals surface area contributed by atoms with Crippen molar-refractivity contribution < 1.29 is 9.59 Å². The Kier molecular flexibility index (Phi) is 8.20. The number of piperazine rings is 1. The van der Waals surface area contributed by atoms with Gasteiger partial charge < -0.3 is 20.1 Å². The fraction of sp³-hybridized carbons (Fsp3) is 0.235. The first-order chi connectivity index (χ1) is 20.4. The van der Waals surface area contributed by atoms with E-state index in [9.17, 15) is 9.59 Å². The minimum absolute atomic E-state index is 0.0615. The molecule has 2 heterocycles. The van der Waals surface area contributed by atoms with E-state index in [1.54, 1.807) is 29.0 Å². The molecule has 42 heavy (non-hydrogen) atoms. The second-order valence-electron chi connectivity index (χ2n) is 10.9. The van der Waals surface area contributed by atoms with E-state index in [2.05, 4.69) is 46.7 Å². The van der Waals surface area contributed by atoms with Crippen LogP contribution in [0, 0.1) is 0 Å². The number of nitrogens with zero attached hydrogens (tertiary/aromatic N) is 2. The number of aromatic amines is 1. The lowest BCUT2D eigenvalue weighted by Gasteiger charge is -2.39. The summed E-state index contributed by atoms with van der Waals surface area (Å²) in [5.41, 5.74) is 4.00. The third kappa shape index (κ3) is 5.88. The van der Waals surface area contributed by atoms with Gasteiger partial charge >= 0.3 is 0 Å². The Balaban J connectivity index is 1.28. The molecule has 0 bridgehead atoms. The number of hydrogen-bond acceptors (Lipinski definition) is 3. The van der Waals surface area contributed by atoms with Crippen LogP contribution in [0.3, 0.4) is 0 Å². The number of hydrogen-bond donors (Lipinski definition) is 2. The fourth-order valence-corrected chi connectivity index (χ4v) is 6.23. The number of likely N-dealkylation sites (N-methyl/N-ethyl adjacent to an activating group) is 1. The minimum Gasteiger partial charge on any atom is -0.361 e. The predicted molar refractivity (Wildman–Crippen MR) is 170 cm³/mol. The molecule has 2 N–H and O–H groups in total. The summed E-state index contributed by atoms with van der Waals surface area (Å²) >= 11 is 12.4. The molecule has 2 amide bonds. The molecule has 0 spiro atoms. The third-order valence-electron chi connectivity index (χ3n) is 8.11. The molecule has 1 aromatic heterocycles. The van der Waals surface area contributed by atoms with Gasteiger partial charge in [0.2, 0.25) is 11.8 Å². The minimum atomic E-state index is -0.654. The average Bonchev–Trinajstić information content (AvgIpc) is 3.41. The number of halogens is 2. The number of aromatic nitrogens is 1. The van der Waals surface area contributed by atoms with Crippen molar-refractivity contribution in [3.8, 4) is 0 Å². The molecule has 8 heteroatoms. The highest BCUT2D eigenvalue weighted by Crippen LogP contribution is 2.25. The number of fused-ring (bicyclic) bond motifs is 2. The van der Waals surface area contributed by atoms with E-state index in [4.69, 9.17) is 23.2 Å². The van der Waals surface area contributed by atoms with Crippen molar-refractivity contribution in [3.05, 3.63) is 118 Å². The van der Waals surface area contributed by atoms with Crippen molar-refractivity contribution in [3.63, 3.8) is 0 Å². The van der Waals surface area contributed by atoms with Crippen LogP contribution in [0.4, 0.5) is 0 Å². The van der Waals surface area contributed by atoms with Gasteiger partial charge in [0.1, 0.15) is 6.04 Å². The number of carbonyl (C=O) groups is 2. The van der Waals surface area contributed by atoms with Gasteiger partial charge in [0.05, 0.1) is 16.1 Å². The van der Waals surface area contributed by atoms with E-state index in [0.29, 0.717) is 42.5 Å². The highest BCUT2D eigenvalue weighted by atomic mass is 35.5. The van der Waals surface area contributed by atoms with Crippen LogP contribution in [-0.2, 0) is 29.0 Å². The Morgan fingerprint density at radius 2 is 1.71 bits per heavy atom. The molecule has 0 saturated carbocycles. The number of amides is 2. The van der Waals surface area contributed by atoms with Gasteiger partial charge in [0, 0.05) is 50.2 Å². The summed E-state index contributed by atoms with van der Waals surface area (Å²) < 4.78 is 0. The molecule has 214 valence electrons. The maximum Gasteiger partial charge on any atom is 0.245 e. The van der Waals surface area contributed by atoms with Crippen molar-refractivity contribution in [1.82, 2.24) is 20.1 Å². The zero-order valence-electron chi connectivity index (χ0n) is 23.3. The van der Waals surface area contributed by atoms with E-state index in [1.165, 1.54) is 0 Å². The Bertz CT molecular complexity index is 1770. The van der Waals surface area contributed by atoms with Gasteiger partial charge in [-0.1, -0.05) is 89.9 Å². The second kappa shape index (κ2) is 12.2. The van der Waals surface area contributed by atoms with Gasteiger partial charge in [0.25, 0.3) is 0 Å². The van der Waals surface area contributed by atoms with E-state index >= 15 is 0 Å². The van der Waals surface area contributed by atoms with Crippen LogP contribution >= 0.6 is 23.2 Å². The smallest absolute Gasteiger partial charge is 0.245 e. The normalized spacial score (nSPS) is 16.2. The topological polar surface area (TPSA) is 68.4 Å².